The summed E-state index contributed by atoms with van der Waals surface area (Å²) in [5.74, 6) is -2.68. The molecule has 1 aliphatic rings. The highest BCUT2D eigenvalue weighted by Gasteiger charge is 2.53. The van der Waals surface area contributed by atoms with Crippen molar-refractivity contribution in [3.8, 4) is 5.88 Å². The Bertz CT molecular complexity index is 1370. The molecule has 3 rings (SSSR count). The summed E-state index contributed by atoms with van der Waals surface area (Å²) in [6, 6.07) is 7.77. The van der Waals surface area contributed by atoms with Gasteiger partial charge in [0.25, 0.3) is 0 Å². The van der Waals surface area contributed by atoms with Crippen LogP contribution in [0, 0.1) is 0 Å². The van der Waals surface area contributed by atoms with Crippen molar-refractivity contribution in [2.45, 2.75) is 91.0 Å². The number of aromatic nitrogens is 2. The number of carbonyl (C=O) groups excluding carboxylic acids is 4. The SMILES string of the molecule is CC(=O)OC[C@H]1OC(Oc2n[nH]c(C(C)C)c2Cc2ccc(CCN=[N+]=[N-])cc2)[C@H](OC(C)=O)[C@@H](OC(C)=O)[C@@H]1OC(C)=O. The predicted molar refractivity (Wildman–Crippen MR) is 152 cm³/mol. The maximum atomic E-state index is 12.2. The van der Waals surface area contributed by atoms with Crippen molar-refractivity contribution in [1.29, 1.82) is 0 Å². The van der Waals surface area contributed by atoms with Crippen LogP contribution >= 0.6 is 0 Å². The normalized spacial score (nSPS) is 21.1. The van der Waals surface area contributed by atoms with E-state index in [-0.39, 0.29) is 18.4 Å². The average molecular weight is 616 g/mol. The number of H-pyrrole nitrogens is 1. The molecule has 0 bridgehead atoms. The summed E-state index contributed by atoms with van der Waals surface area (Å²) in [6.45, 7) is 8.57. The molecule has 0 radical (unpaired) electrons. The Labute approximate surface area is 254 Å². The summed E-state index contributed by atoms with van der Waals surface area (Å²) in [7, 11) is 0. The second-order valence-corrected chi connectivity index (χ2v) is 10.5. The van der Waals surface area contributed by atoms with Crippen LogP contribution in [0.3, 0.4) is 0 Å². The zero-order valence-electron chi connectivity index (χ0n) is 25.5. The molecule has 1 aromatic heterocycles. The van der Waals surface area contributed by atoms with E-state index in [2.05, 4.69) is 20.2 Å². The molecule has 0 amide bonds. The van der Waals surface area contributed by atoms with Crippen LogP contribution in [0.2, 0.25) is 0 Å². The third kappa shape index (κ3) is 9.44. The maximum Gasteiger partial charge on any atom is 0.303 e. The summed E-state index contributed by atoms with van der Waals surface area (Å²) >= 11 is 0. The standard InChI is InChI=1S/C29H37N5O10/c1-15(2)24-22(13-21-9-7-20(8-10-21)11-12-31-34-30)28(33-32-24)44-29-27(42-19(6)38)26(41-18(5)37)25(40-17(4)36)23(43-29)14-39-16(3)35/h7-10,15,23,25-27,29H,11-14H2,1-6H3,(H,32,33)/t23-,25-,26+,27-,29?/m1/s1. The minimum absolute atomic E-state index is 0.0216. The fraction of sp³-hybridized carbons (Fsp3) is 0.552. The molecular formula is C29H37N5O10. The topological polar surface area (TPSA) is 201 Å². The number of hydrogen-bond acceptors (Lipinski definition) is 12. The Morgan fingerprint density at radius 1 is 0.932 bits per heavy atom. The third-order valence-electron chi connectivity index (χ3n) is 6.58. The molecule has 44 heavy (non-hydrogen) atoms. The van der Waals surface area contributed by atoms with Crippen molar-refractivity contribution < 1.29 is 47.6 Å². The van der Waals surface area contributed by atoms with Crippen molar-refractivity contribution >= 4 is 23.9 Å². The van der Waals surface area contributed by atoms with Crippen molar-refractivity contribution in [3.05, 3.63) is 57.1 Å². The van der Waals surface area contributed by atoms with E-state index < -0.39 is 54.6 Å². The summed E-state index contributed by atoms with van der Waals surface area (Å²) in [5, 5.41) is 10.9. The fourth-order valence-corrected chi connectivity index (χ4v) is 4.75. The zero-order valence-corrected chi connectivity index (χ0v) is 25.5. The van der Waals surface area contributed by atoms with Gasteiger partial charge < -0.3 is 28.4 Å². The van der Waals surface area contributed by atoms with Crippen molar-refractivity contribution in [1.82, 2.24) is 10.2 Å². The van der Waals surface area contributed by atoms with Gasteiger partial charge in [-0.15, -0.1) is 5.10 Å². The lowest BCUT2D eigenvalue weighted by atomic mass is 9.97. The fourth-order valence-electron chi connectivity index (χ4n) is 4.75. The van der Waals surface area contributed by atoms with E-state index >= 15 is 0 Å². The van der Waals surface area contributed by atoms with E-state index in [0.717, 1.165) is 37.6 Å². The van der Waals surface area contributed by atoms with Crippen LogP contribution < -0.4 is 4.74 Å². The minimum Gasteiger partial charge on any atom is -0.463 e. The second kappa shape index (κ2) is 15.7. The number of aromatic amines is 1. The molecule has 15 heteroatoms. The second-order valence-electron chi connectivity index (χ2n) is 10.5. The van der Waals surface area contributed by atoms with Gasteiger partial charge in [-0.05, 0) is 29.0 Å². The van der Waals surface area contributed by atoms with Gasteiger partial charge in [0.1, 0.15) is 12.7 Å². The lowest BCUT2D eigenvalue weighted by Crippen LogP contribution is -2.63. The number of carbonyl (C=O) groups is 4. The molecule has 1 unspecified atom stereocenters. The number of benzene rings is 1. The number of ether oxygens (including phenoxy) is 6. The predicted octanol–water partition coefficient (Wildman–Crippen LogP) is 3.44. The van der Waals surface area contributed by atoms with Gasteiger partial charge in [0.15, 0.2) is 12.2 Å². The first-order valence-electron chi connectivity index (χ1n) is 14.0. The minimum atomic E-state index is -1.42. The average Bonchev–Trinajstić information content (AvgIpc) is 3.33. The Morgan fingerprint density at radius 2 is 1.52 bits per heavy atom. The zero-order chi connectivity index (χ0) is 32.4. The number of nitrogens with one attached hydrogen (secondary N) is 1. The van der Waals surface area contributed by atoms with E-state index in [0.29, 0.717) is 24.9 Å². The maximum absolute atomic E-state index is 12.2. The van der Waals surface area contributed by atoms with Crippen LogP contribution in [0.15, 0.2) is 29.4 Å². The molecule has 1 fully saturated rings. The number of nitrogens with zero attached hydrogens (tertiary/aromatic N) is 4. The first-order chi connectivity index (χ1) is 20.9. The van der Waals surface area contributed by atoms with Gasteiger partial charge in [0.05, 0.1) is 0 Å². The first-order valence-corrected chi connectivity index (χ1v) is 14.0. The molecule has 15 nitrogen and oxygen atoms in total. The van der Waals surface area contributed by atoms with Crippen LogP contribution in [0.25, 0.3) is 10.4 Å². The molecule has 1 saturated heterocycles. The van der Waals surface area contributed by atoms with Crippen LogP contribution in [-0.2, 0) is 55.7 Å². The van der Waals surface area contributed by atoms with E-state index in [4.69, 9.17) is 34.0 Å². The number of esters is 4. The lowest BCUT2D eigenvalue weighted by Gasteiger charge is -2.43. The smallest absolute Gasteiger partial charge is 0.303 e. The molecule has 238 valence electrons. The van der Waals surface area contributed by atoms with Crippen molar-refractivity contribution in [2.75, 3.05) is 13.2 Å². The molecule has 1 aromatic carbocycles. The van der Waals surface area contributed by atoms with Gasteiger partial charge in [-0.25, -0.2) is 0 Å². The summed E-state index contributed by atoms with van der Waals surface area (Å²) in [6.07, 6.45) is -5.63. The first kappa shape index (κ1) is 33.9. The highest BCUT2D eigenvalue weighted by Crippen LogP contribution is 2.34. The molecule has 0 aliphatic carbocycles. The number of hydrogen-bond donors (Lipinski definition) is 1. The quantitative estimate of drug-likeness (QED) is 0.114. The molecule has 0 saturated carbocycles. The van der Waals surface area contributed by atoms with E-state index in [1.54, 1.807) is 0 Å². The lowest BCUT2D eigenvalue weighted by molar-refractivity contribution is -0.289. The molecule has 2 heterocycles. The Morgan fingerprint density at radius 3 is 2.09 bits per heavy atom. The molecule has 1 aliphatic heterocycles. The van der Waals surface area contributed by atoms with Gasteiger partial charge >= 0.3 is 23.9 Å². The van der Waals surface area contributed by atoms with E-state index in [9.17, 15) is 19.2 Å². The van der Waals surface area contributed by atoms with Gasteiger partial charge in [0.2, 0.25) is 18.3 Å². The molecular weight excluding hydrogens is 578 g/mol. The highest BCUT2D eigenvalue weighted by atomic mass is 16.7. The summed E-state index contributed by atoms with van der Waals surface area (Å²) in [5.41, 5.74) is 11.9. The third-order valence-corrected chi connectivity index (χ3v) is 6.58. The van der Waals surface area contributed by atoms with Crippen molar-refractivity contribution in [2.24, 2.45) is 5.11 Å². The van der Waals surface area contributed by atoms with E-state index in [1.807, 2.05) is 38.1 Å². The van der Waals surface area contributed by atoms with Gasteiger partial charge in [-0.2, -0.15) is 0 Å². The molecule has 0 spiro atoms. The van der Waals surface area contributed by atoms with Gasteiger partial charge in [-0.1, -0.05) is 43.2 Å². The monoisotopic (exact) mass is 615 g/mol. The van der Waals surface area contributed by atoms with Gasteiger partial charge in [-0.3, -0.25) is 24.3 Å². The Hall–Kier alpha value is -4.62. The Kier molecular flexibility index (Phi) is 12.1. The summed E-state index contributed by atoms with van der Waals surface area (Å²) < 4.78 is 33.9. The number of azide groups is 1. The molecule has 2 aromatic rings. The van der Waals surface area contributed by atoms with Crippen LogP contribution in [0.1, 0.15) is 69.8 Å². The van der Waals surface area contributed by atoms with Crippen molar-refractivity contribution in [3.63, 3.8) is 0 Å². The van der Waals surface area contributed by atoms with Crippen LogP contribution in [0.4, 0.5) is 0 Å². The van der Waals surface area contributed by atoms with Crippen LogP contribution in [-0.4, -0.2) is 77.9 Å². The number of rotatable bonds is 13. The summed E-state index contributed by atoms with van der Waals surface area (Å²) in [4.78, 5) is 50.7. The molecule has 1 N–H and O–H groups in total. The van der Waals surface area contributed by atoms with E-state index in [1.165, 1.54) is 6.92 Å². The molecule has 5 atom stereocenters. The Balaban J connectivity index is 1.99. The van der Waals surface area contributed by atoms with Crippen LogP contribution in [0.5, 0.6) is 5.88 Å². The van der Waals surface area contributed by atoms with Gasteiger partial charge in [0, 0.05) is 56.8 Å². The highest BCUT2D eigenvalue weighted by molar-refractivity contribution is 5.68. The largest absolute Gasteiger partial charge is 0.463 e.